The average Bonchev–Trinajstić information content (AvgIpc) is 2.45. The van der Waals surface area contributed by atoms with Gasteiger partial charge in [0.1, 0.15) is 5.75 Å². The third kappa shape index (κ3) is 6.57. The second kappa shape index (κ2) is 9.78. The van der Waals surface area contributed by atoms with Crippen LogP contribution in [0.2, 0.25) is 0 Å². The molecule has 0 aromatic heterocycles. The molecule has 2 N–H and O–H groups in total. The quantitative estimate of drug-likeness (QED) is 0.662. The van der Waals surface area contributed by atoms with Gasteiger partial charge in [0.25, 0.3) is 0 Å². The number of methoxy groups -OCH3 is 1. The number of nitrogens with two attached hydrogens (primary N) is 1. The Labute approximate surface area is 115 Å². The van der Waals surface area contributed by atoms with E-state index in [1.165, 1.54) is 0 Å². The van der Waals surface area contributed by atoms with Crippen molar-refractivity contribution >= 4 is 0 Å². The van der Waals surface area contributed by atoms with E-state index >= 15 is 0 Å². The minimum Gasteiger partial charge on any atom is -0.494 e. The van der Waals surface area contributed by atoms with Crippen LogP contribution in [0.5, 0.6) is 5.75 Å². The second-order valence-corrected chi connectivity index (χ2v) is 4.45. The summed E-state index contributed by atoms with van der Waals surface area (Å²) in [6, 6.07) is 7.80. The molecule has 108 valence electrons. The highest BCUT2D eigenvalue weighted by Crippen LogP contribution is 2.17. The predicted molar refractivity (Wildman–Crippen MR) is 76.5 cm³/mol. The largest absolute Gasteiger partial charge is 0.494 e. The molecule has 0 spiro atoms. The van der Waals surface area contributed by atoms with Crippen LogP contribution in [0.25, 0.3) is 0 Å². The summed E-state index contributed by atoms with van der Waals surface area (Å²) >= 11 is 0. The molecule has 19 heavy (non-hydrogen) atoms. The fourth-order valence-corrected chi connectivity index (χ4v) is 1.64. The van der Waals surface area contributed by atoms with Gasteiger partial charge in [-0.2, -0.15) is 0 Å². The summed E-state index contributed by atoms with van der Waals surface area (Å²) in [4.78, 5) is 0. The van der Waals surface area contributed by atoms with Crippen molar-refractivity contribution in [1.82, 2.24) is 0 Å². The molecule has 0 fully saturated rings. The zero-order valence-corrected chi connectivity index (χ0v) is 11.9. The van der Waals surface area contributed by atoms with Gasteiger partial charge in [-0.3, -0.25) is 0 Å². The predicted octanol–water partition coefficient (Wildman–Crippen LogP) is 2.53. The molecule has 1 atom stereocenters. The minimum absolute atomic E-state index is 0.0947. The van der Waals surface area contributed by atoms with E-state index in [0.29, 0.717) is 13.2 Å². The lowest BCUT2D eigenvalue weighted by Crippen LogP contribution is -2.17. The number of ether oxygens (including phenoxy) is 3. The van der Waals surface area contributed by atoms with Gasteiger partial charge in [-0.05, 0) is 30.5 Å². The Bertz CT molecular complexity index is 327. The highest BCUT2D eigenvalue weighted by Gasteiger charge is 2.06. The van der Waals surface area contributed by atoms with E-state index in [4.69, 9.17) is 19.9 Å². The van der Waals surface area contributed by atoms with Crippen molar-refractivity contribution in [2.24, 2.45) is 5.73 Å². The van der Waals surface area contributed by atoms with Crippen LogP contribution in [-0.4, -0.2) is 33.5 Å². The van der Waals surface area contributed by atoms with Gasteiger partial charge in [-0.1, -0.05) is 19.1 Å². The maximum absolute atomic E-state index is 6.06. The summed E-state index contributed by atoms with van der Waals surface area (Å²) < 4.78 is 16.0. The van der Waals surface area contributed by atoms with Crippen LogP contribution in [0, 0.1) is 0 Å². The minimum atomic E-state index is -0.0947. The smallest absolute Gasteiger partial charge is 0.119 e. The lowest BCUT2D eigenvalue weighted by atomic mass is 10.1. The van der Waals surface area contributed by atoms with Crippen molar-refractivity contribution in [3.63, 3.8) is 0 Å². The SMILES string of the molecule is CCCOc1ccc(C(N)COCCCOC)cc1. The number of rotatable bonds is 10. The summed E-state index contributed by atoms with van der Waals surface area (Å²) in [6.07, 6.45) is 1.91. The van der Waals surface area contributed by atoms with Crippen LogP contribution < -0.4 is 10.5 Å². The Kier molecular flexibility index (Phi) is 8.21. The highest BCUT2D eigenvalue weighted by molar-refractivity contribution is 5.29. The van der Waals surface area contributed by atoms with E-state index in [0.717, 1.165) is 37.4 Å². The van der Waals surface area contributed by atoms with Gasteiger partial charge in [0.2, 0.25) is 0 Å². The second-order valence-electron chi connectivity index (χ2n) is 4.45. The molecule has 1 aromatic carbocycles. The molecule has 1 aromatic rings. The molecule has 0 saturated carbocycles. The van der Waals surface area contributed by atoms with Crippen LogP contribution in [0.3, 0.4) is 0 Å². The molecule has 0 aliphatic rings. The highest BCUT2D eigenvalue weighted by atomic mass is 16.5. The van der Waals surface area contributed by atoms with Gasteiger partial charge >= 0.3 is 0 Å². The summed E-state index contributed by atoms with van der Waals surface area (Å²) in [5.41, 5.74) is 7.13. The molecule has 1 rings (SSSR count). The molecule has 4 nitrogen and oxygen atoms in total. The lowest BCUT2D eigenvalue weighted by Gasteiger charge is -2.13. The molecule has 4 heteroatoms. The van der Waals surface area contributed by atoms with Crippen molar-refractivity contribution in [1.29, 1.82) is 0 Å². The number of hydrogen-bond acceptors (Lipinski definition) is 4. The van der Waals surface area contributed by atoms with Crippen molar-refractivity contribution in [2.45, 2.75) is 25.8 Å². The van der Waals surface area contributed by atoms with Crippen molar-refractivity contribution in [3.8, 4) is 5.75 Å². The third-order valence-electron chi connectivity index (χ3n) is 2.72. The summed E-state index contributed by atoms with van der Waals surface area (Å²) in [5, 5.41) is 0. The summed E-state index contributed by atoms with van der Waals surface area (Å²) in [6.45, 7) is 4.76. The van der Waals surface area contributed by atoms with E-state index < -0.39 is 0 Å². The maximum atomic E-state index is 6.06. The van der Waals surface area contributed by atoms with Gasteiger partial charge in [0.05, 0.1) is 19.3 Å². The van der Waals surface area contributed by atoms with Crippen molar-refractivity contribution in [3.05, 3.63) is 29.8 Å². The Morgan fingerprint density at radius 1 is 1.11 bits per heavy atom. The topological polar surface area (TPSA) is 53.7 Å². The molecule has 0 saturated heterocycles. The van der Waals surface area contributed by atoms with Gasteiger partial charge in [-0.15, -0.1) is 0 Å². The fraction of sp³-hybridized carbons (Fsp3) is 0.600. The first-order chi connectivity index (χ1) is 9.27. The monoisotopic (exact) mass is 267 g/mol. The molecule has 1 unspecified atom stereocenters. The Morgan fingerprint density at radius 2 is 1.84 bits per heavy atom. The normalized spacial score (nSPS) is 12.4. The molecule has 0 heterocycles. The van der Waals surface area contributed by atoms with E-state index in [-0.39, 0.29) is 6.04 Å². The molecule has 0 radical (unpaired) electrons. The first kappa shape index (κ1) is 16.0. The number of hydrogen-bond donors (Lipinski definition) is 1. The van der Waals surface area contributed by atoms with Crippen molar-refractivity contribution in [2.75, 3.05) is 33.5 Å². The summed E-state index contributed by atoms with van der Waals surface area (Å²) in [7, 11) is 1.69. The zero-order valence-electron chi connectivity index (χ0n) is 11.9. The van der Waals surface area contributed by atoms with Gasteiger partial charge < -0.3 is 19.9 Å². The average molecular weight is 267 g/mol. The standard InChI is InChI=1S/C15H25NO3/c1-3-9-19-14-7-5-13(6-8-14)15(16)12-18-11-4-10-17-2/h5-8,15H,3-4,9-12,16H2,1-2H3. The Hall–Kier alpha value is -1.10. The zero-order chi connectivity index (χ0) is 13.9. The molecule has 0 amide bonds. The van der Waals surface area contributed by atoms with E-state index in [1.807, 2.05) is 24.3 Å². The van der Waals surface area contributed by atoms with Crippen molar-refractivity contribution < 1.29 is 14.2 Å². The van der Waals surface area contributed by atoms with Gasteiger partial charge in [-0.25, -0.2) is 0 Å². The van der Waals surface area contributed by atoms with E-state index in [1.54, 1.807) is 7.11 Å². The molecule has 0 aliphatic heterocycles. The summed E-state index contributed by atoms with van der Waals surface area (Å²) in [5.74, 6) is 0.888. The van der Waals surface area contributed by atoms with E-state index in [2.05, 4.69) is 6.92 Å². The number of benzene rings is 1. The fourth-order valence-electron chi connectivity index (χ4n) is 1.64. The molecule has 0 bridgehead atoms. The molecular weight excluding hydrogens is 242 g/mol. The first-order valence-corrected chi connectivity index (χ1v) is 6.83. The maximum Gasteiger partial charge on any atom is 0.119 e. The molecule has 0 aliphatic carbocycles. The van der Waals surface area contributed by atoms with Gasteiger partial charge in [0, 0.05) is 20.3 Å². The molecular formula is C15H25NO3. The Morgan fingerprint density at radius 3 is 2.47 bits per heavy atom. The van der Waals surface area contributed by atoms with Crippen LogP contribution in [0.4, 0.5) is 0 Å². The van der Waals surface area contributed by atoms with Gasteiger partial charge in [0.15, 0.2) is 0 Å². The van der Waals surface area contributed by atoms with E-state index in [9.17, 15) is 0 Å². The lowest BCUT2D eigenvalue weighted by molar-refractivity contribution is 0.0940. The first-order valence-electron chi connectivity index (χ1n) is 6.83. The van der Waals surface area contributed by atoms with Crippen LogP contribution in [0.15, 0.2) is 24.3 Å². The Balaban J connectivity index is 2.29. The third-order valence-corrected chi connectivity index (χ3v) is 2.72. The van der Waals surface area contributed by atoms with Crippen LogP contribution >= 0.6 is 0 Å². The van der Waals surface area contributed by atoms with Crippen LogP contribution in [-0.2, 0) is 9.47 Å². The van der Waals surface area contributed by atoms with Crippen LogP contribution in [0.1, 0.15) is 31.4 Å².